The van der Waals surface area contributed by atoms with E-state index in [0.717, 1.165) is 30.7 Å². The maximum absolute atomic E-state index is 9.13. The summed E-state index contributed by atoms with van der Waals surface area (Å²) in [4.78, 5) is 0. The van der Waals surface area contributed by atoms with E-state index in [4.69, 9.17) is 10.0 Å². The number of nitrogens with zero attached hydrogens (tertiary/aromatic N) is 1. The van der Waals surface area contributed by atoms with E-state index < -0.39 is 7.12 Å². The monoisotopic (exact) mass is 377 g/mol. The van der Waals surface area contributed by atoms with Crippen LogP contribution in [0.3, 0.4) is 0 Å². The molecule has 0 saturated heterocycles. The third kappa shape index (κ3) is 7.31. The van der Waals surface area contributed by atoms with Crippen LogP contribution in [0.5, 0.6) is 0 Å². The topological polar surface area (TPSA) is 45.4 Å². The summed E-state index contributed by atoms with van der Waals surface area (Å²) in [6.45, 7) is 15.4. The molecule has 0 bridgehead atoms. The van der Waals surface area contributed by atoms with E-state index in [9.17, 15) is 0 Å². The van der Waals surface area contributed by atoms with E-state index in [2.05, 4.69) is 46.1 Å². The Labute approximate surface area is 168 Å². The van der Waals surface area contributed by atoms with E-state index in [0.29, 0.717) is 10.9 Å². The number of aromatic nitrogens is 1. The predicted molar refractivity (Wildman–Crippen MR) is 118 cm³/mol. The van der Waals surface area contributed by atoms with E-state index in [1.807, 2.05) is 12.4 Å². The lowest BCUT2D eigenvalue weighted by atomic mass is 9.60. The SMILES string of the molecule is CC(C)C(CCCCCCCCCn1ccc(B(O)O)c1)(C(C)C)C(C)C. The molecule has 156 valence electrons. The zero-order valence-corrected chi connectivity index (χ0v) is 18.7. The molecular formula is C23H44BNO2. The lowest BCUT2D eigenvalue weighted by molar-refractivity contribution is 0.0356. The largest absolute Gasteiger partial charge is 0.489 e. The van der Waals surface area contributed by atoms with Crippen LogP contribution in [0.25, 0.3) is 0 Å². The van der Waals surface area contributed by atoms with Gasteiger partial charge in [-0.2, -0.15) is 0 Å². The number of unbranched alkanes of at least 4 members (excludes halogenated alkanes) is 6. The number of rotatable bonds is 14. The molecule has 4 heteroatoms. The predicted octanol–water partition coefficient (Wildman–Crippen LogP) is 5.24. The highest BCUT2D eigenvalue weighted by molar-refractivity contribution is 6.58. The molecule has 0 spiro atoms. The Morgan fingerprint density at radius 3 is 1.74 bits per heavy atom. The zero-order valence-electron chi connectivity index (χ0n) is 18.7. The summed E-state index contributed by atoms with van der Waals surface area (Å²) in [6, 6.07) is 1.77. The van der Waals surface area contributed by atoms with Crippen LogP contribution in [0.15, 0.2) is 18.5 Å². The first-order chi connectivity index (χ1) is 12.7. The fourth-order valence-corrected chi connectivity index (χ4v) is 5.23. The molecule has 0 atom stereocenters. The summed E-state index contributed by atoms with van der Waals surface area (Å²) >= 11 is 0. The molecule has 0 aliphatic carbocycles. The minimum atomic E-state index is -1.35. The molecule has 1 aromatic rings. The smallest absolute Gasteiger partial charge is 0.423 e. The number of aryl methyl sites for hydroxylation is 1. The maximum atomic E-state index is 9.13. The van der Waals surface area contributed by atoms with Crippen LogP contribution < -0.4 is 5.46 Å². The molecule has 27 heavy (non-hydrogen) atoms. The molecule has 0 radical (unpaired) electrons. The first kappa shape index (κ1) is 24.3. The van der Waals surface area contributed by atoms with Crippen LogP contribution in [-0.2, 0) is 6.54 Å². The molecule has 0 aliphatic heterocycles. The molecule has 1 aromatic heterocycles. The van der Waals surface area contributed by atoms with Gasteiger partial charge in [0.25, 0.3) is 0 Å². The van der Waals surface area contributed by atoms with E-state index >= 15 is 0 Å². The van der Waals surface area contributed by atoms with Crippen LogP contribution in [0.2, 0.25) is 0 Å². The van der Waals surface area contributed by atoms with Crippen molar-refractivity contribution in [2.75, 3.05) is 0 Å². The molecule has 1 heterocycles. The number of hydrogen-bond donors (Lipinski definition) is 2. The number of hydrogen-bond acceptors (Lipinski definition) is 2. The summed E-state index contributed by atoms with van der Waals surface area (Å²) in [5.41, 5.74) is 1.06. The minimum Gasteiger partial charge on any atom is -0.423 e. The van der Waals surface area contributed by atoms with Gasteiger partial charge >= 0.3 is 7.12 Å². The first-order valence-electron chi connectivity index (χ1n) is 11.2. The van der Waals surface area contributed by atoms with Gasteiger partial charge in [-0.1, -0.05) is 80.1 Å². The third-order valence-electron chi connectivity index (χ3n) is 6.82. The quantitative estimate of drug-likeness (QED) is 0.344. The van der Waals surface area contributed by atoms with Crippen molar-refractivity contribution in [1.29, 1.82) is 0 Å². The highest BCUT2D eigenvalue weighted by Gasteiger charge is 2.39. The Balaban J connectivity index is 2.16. The summed E-state index contributed by atoms with van der Waals surface area (Å²) in [6.07, 6.45) is 14.3. The second kappa shape index (κ2) is 12.0. The summed E-state index contributed by atoms with van der Waals surface area (Å²) in [7, 11) is -1.35. The van der Waals surface area contributed by atoms with Gasteiger partial charge in [0.15, 0.2) is 0 Å². The van der Waals surface area contributed by atoms with Crippen LogP contribution in [0.1, 0.15) is 92.9 Å². The Hall–Kier alpha value is -0.735. The van der Waals surface area contributed by atoms with Gasteiger partial charge < -0.3 is 14.6 Å². The van der Waals surface area contributed by atoms with Crippen molar-refractivity contribution in [2.45, 2.75) is 99.5 Å². The van der Waals surface area contributed by atoms with Crippen LogP contribution in [-0.4, -0.2) is 21.7 Å². The van der Waals surface area contributed by atoms with Crippen LogP contribution in [0.4, 0.5) is 0 Å². The standard InChI is InChI=1S/C23H44BNO2/c1-19(2)23(20(3)4,21(5)6)15-12-10-8-7-9-11-13-16-25-17-14-22(18-25)24(26)27/h14,17-21,26-27H,7-13,15-16H2,1-6H3. The van der Waals surface area contributed by atoms with E-state index in [1.165, 1.54) is 44.9 Å². The molecule has 0 aromatic carbocycles. The lowest BCUT2D eigenvalue weighted by Crippen LogP contribution is -2.38. The molecule has 0 amide bonds. The Morgan fingerprint density at radius 1 is 0.815 bits per heavy atom. The molecule has 0 saturated carbocycles. The molecular weight excluding hydrogens is 333 g/mol. The van der Waals surface area contributed by atoms with E-state index in [-0.39, 0.29) is 0 Å². The van der Waals surface area contributed by atoms with Gasteiger partial charge in [-0.15, -0.1) is 0 Å². The molecule has 2 N–H and O–H groups in total. The molecule has 0 unspecified atom stereocenters. The molecule has 0 fully saturated rings. The Bertz CT molecular complexity index is 486. The van der Waals surface area contributed by atoms with Crippen molar-refractivity contribution in [2.24, 2.45) is 23.2 Å². The maximum Gasteiger partial charge on any atom is 0.489 e. The van der Waals surface area contributed by atoms with Crippen molar-refractivity contribution in [3.05, 3.63) is 18.5 Å². The highest BCUT2D eigenvalue weighted by atomic mass is 16.4. The second-order valence-electron chi connectivity index (χ2n) is 9.36. The van der Waals surface area contributed by atoms with Crippen molar-refractivity contribution in [3.8, 4) is 0 Å². The van der Waals surface area contributed by atoms with Crippen LogP contribution in [0, 0.1) is 23.2 Å². The van der Waals surface area contributed by atoms with Crippen molar-refractivity contribution < 1.29 is 10.0 Å². The van der Waals surface area contributed by atoms with Gasteiger partial charge in [0.1, 0.15) is 0 Å². The van der Waals surface area contributed by atoms with Gasteiger partial charge in [0, 0.05) is 18.9 Å². The van der Waals surface area contributed by atoms with Gasteiger partial charge in [-0.3, -0.25) is 0 Å². The fraction of sp³-hybridized carbons (Fsp3) is 0.826. The van der Waals surface area contributed by atoms with Gasteiger partial charge in [0.05, 0.1) is 0 Å². The average Bonchev–Trinajstić information content (AvgIpc) is 3.04. The summed E-state index contributed by atoms with van der Waals surface area (Å²) in [5, 5.41) is 18.3. The highest BCUT2D eigenvalue weighted by Crippen LogP contribution is 2.47. The zero-order chi connectivity index (χ0) is 20.4. The first-order valence-corrected chi connectivity index (χ1v) is 11.2. The molecule has 1 rings (SSSR count). The normalized spacial score (nSPS) is 12.6. The minimum absolute atomic E-state index is 0.484. The lowest BCUT2D eigenvalue weighted by Gasteiger charge is -2.45. The Morgan fingerprint density at radius 2 is 1.30 bits per heavy atom. The van der Waals surface area contributed by atoms with E-state index in [1.54, 1.807) is 6.07 Å². The van der Waals surface area contributed by atoms with Gasteiger partial charge in [-0.25, -0.2) is 0 Å². The summed E-state index contributed by atoms with van der Waals surface area (Å²) in [5.74, 6) is 2.25. The van der Waals surface area contributed by atoms with Gasteiger partial charge in [-0.05, 0) is 47.5 Å². The average molecular weight is 377 g/mol. The van der Waals surface area contributed by atoms with Crippen molar-refractivity contribution in [3.63, 3.8) is 0 Å². The molecule has 0 aliphatic rings. The van der Waals surface area contributed by atoms with Crippen molar-refractivity contribution >= 4 is 12.6 Å². The fourth-order valence-electron chi connectivity index (χ4n) is 5.23. The van der Waals surface area contributed by atoms with Crippen LogP contribution >= 0.6 is 0 Å². The molecule has 3 nitrogen and oxygen atoms in total. The second-order valence-corrected chi connectivity index (χ2v) is 9.36. The Kier molecular flexibility index (Phi) is 10.8. The summed E-state index contributed by atoms with van der Waals surface area (Å²) < 4.78 is 2.05. The third-order valence-corrected chi connectivity index (χ3v) is 6.82. The van der Waals surface area contributed by atoms with Crippen molar-refractivity contribution in [1.82, 2.24) is 4.57 Å². The van der Waals surface area contributed by atoms with Gasteiger partial charge in [0.2, 0.25) is 0 Å².